The van der Waals surface area contributed by atoms with E-state index in [1.165, 1.54) is 25.8 Å². The summed E-state index contributed by atoms with van der Waals surface area (Å²) in [4.78, 5) is 56.4. The van der Waals surface area contributed by atoms with Crippen LogP contribution in [0.1, 0.15) is 6.92 Å². The summed E-state index contributed by atoms with van der Waals surface area (Å²) in [5.41, 5.74) is 4.22. The average Bonchev–Trinajstić information content (AvgIpc) is 3.16. The van der Waals surface area contributed by atoms with Gasteiger partial charge in [-0.15, -0.1) is 11.8 Å². The smallest absolute Gasteiger partial charge is 0.404 e. The van der Waals surface area contributed by atoms with Gasteiger partial charge in [-0.05, 0) is 12.1 Å². The van der Waals surface area contributed by atoms with Crippen molar-refractivity contribution >= 4 is 35.3 Å². The third kappa shape index (κ3) is 3.22. The Kier molecular flexibility index (Phi) is 5.76. The van der Waals surface area contributed by atoms with Gasteiger partial charge in [-0.3, -0.25) is 14.4 Å². The van der Waals surface area contributed by atoms with Gasteiger partial charge in [0.1, 0.15) is 18.4 Å². The second-order valence-corrected chi connectivity index (χ2v) is 10.9. The van der Waals surface area contributed by atoms with E-state index < -0.39 is 41.3 Å². The fourth-order valence-electron chi connectivity index (χ4n) is 6.69. The summed E-state index contributed by atoms with van der Waals surface area (Å²) in [5, 5.41) is 10.2. The number of hydrogen-bond donors (Lipinski definition) is 2. The fraction of sp³-hybridized carbons (Fsp3) is 0.520. The first-order valence-corrected chi connectivity index (χ1v) is 13.2. The molecule has 12 nitrogen and oxygen atoms in total. The molecule has 0 saturated carbocycles. The highest BCUT2D eigenvalue weighted by Gasteiger charge is 2.79. The van der Waals surface area contributed by atoms with E-state index in [1.54, 1.807) is 34.1 Å². The Morgan fingerprint density at radius 3 is 2.55 bits per heavy atom. The molecule has 0 aromatic heterocycles. The summed E-state index contributed by atoms with van der Waals surface area (Å²) < 4.78 is 23.0. The number of benzene rings is 1. The summed E-state index contributed by atoms with van der Waals surface area (Å²) in [6.45, 7) is 1.62. The van der Waals surface area contributed by atoms with E-state index in [2.05, 4.69) is 0 Å². The molecule has 1 unspecified atom stereocenters. The predicted octanol–water partition coefficient (Wildman–Crippen LogP) is 0.232. The largest absolute Gasteiger partial charge is 0.507 e. The number of carbonyl (C=O) groups excluding carboxylic acids is 4. The van der Waals surface area contributed by atoms with E-state index in [9.17, 15) is 24.3 Å². The molecule has 2 amide bonds. The number of aromatic hydroxyl groups is 1. The zero-order valence-electron chi connectivity index (χ0n) is 20.7. The molecule has 1 aromatic rings. The summed E-state index contributed by atoms with van der Waals surface area (Å²) in [6, 6.07) is 6.04. The van der Waals surface area contributed by atoms with Gasteiger partial charge in [0.25, 0.3) is 0 Å². The number of allylic oxidation sites excluding steroid dienone is 1. The minimum Gasteiger partial charge on any atom is -0.507 e. The molecule has 0 radical (unpaired) electrons. The van der Waals surface area contributed by atoms with Crippen LogP contribution in [0.2, 0.25) is 0 Å². The Morgan fingerprint density at radius 2 is 1.92 bits per heavy atom. The van der Waals surface area contributed by atoms with E-state index >= 15 is 0 Å². The van der Waals surface area contributed by atoms with Crippen molar-refractivity contribution in [3.63, 3.8) is 0 Å². The second-order valence-electron chi connectivity index (χ2n) is 9.84. The van der Waals surface area contributed by atoms with Gasteiger partial charge in [0.2, 0.25) is 17.5 Å². The quantitative estimate of drug-likeness (QED) is 0.372. The molecule has 1 aliphatic carbocycles. The number of ether oxygens (including phenoxy) is 4. The molecule has 4 aliphatic heterocycles. The van der Waals surface area contributed by atoms with Crippen molar-refractivity contribution in [3.8, 4) is 5.75 Å². The molecule has 13 heteroatoms. The number of phenols is 1. The van der Waals surface area contributed by atoms with E-state index in [0.717, 1.165) is 0 Å². The molecule has 3 saturated heterocycles. The number of primary amides is 1. The number of phenolic OH excluding ortho intramolecular Hbond substituents is 1. The van der Waals surface area contributed by atoms with Crippen molar-refractivity contribution in [1.29, 1.82) is 0 Å². The monoisotopic (exact) mass is 545 g/mol. The predicted molar refractivity (Wildman–Crippen MR) is 130 cm³/mol. The van der Waals surface area contributed by atoms with Crippen LogP contribution in [0.5, 0.6) is 5.75 Å². The Hall–Kier alpha value is -3.13. The topological polar surface area (TPSA) is 158 Å². The SMILES string of the molecule is CO[C@@]12[C@H](COC(N)=O)C3=C(C(=O)C(CSc4ccccc4O)C4(OCCO4)C3=O)N1C[C@H]1[C@@H]2N1C(C)=O. The van der Waals surface area contributed by atoms with Crippen LogP contribution in [0.15, 0.2) is 40.4 Å². The molecule has 202 valence electrons. The van der Waals surface area contributed by atoms with Gasteiger partial charge < -0.3 is 39.6 Å². The second kappa shape index (κ2) is 8.70. The minimum absolute atomic E-state index is 0.0567. The maximum absolute atomic E-state index is 14.3. The normalized spacial score (nSPS) is 32.5. The number of carbonyl (C=O) groups is 4. The third-order valence-electron chi connectivity index (χ3n) is 8.16. The zero-order valence-corrected chi connectivity index (χ0v) is 21.6. The molecule has 0 bridgehead atoms. The summed E-state index contributed by atoms with van der Waals surface area (Å²) in [5.74, 6) is -4.72. The Labute approximate surface area is 222 Å². The fourth-order valence-corrected chi connectivity index (χ4v) is 7.80. The van der Waals surface area contributed by atoms with Crippen LogP contribution in [0.25, 0.3) is 0 Å². The van der Waals surface area contributed by atoms with E-state index in [0.29, 0.717) is 4.90 Å². The third-order valence-corrected chi connectivity index (χ3v) is 9.32. The van der Waals surface area contributed by atoms with Gasteiger partial charge in [0, 0.05) is 36.8 Å². The van der Waals surface area contributed by atoms with Crippen molar-refractivity contribution < 1.29 is 43.2 Å². The number of ketones is 2. The van der Waals surface area contributed by atoms with Crippen molar-refractivity contribution in [2.24, 2.45) is 17.6 Å². The molecule has 5 atom stereocenters. The molecule has 3 fully saturated rings. The molecular weight excluding hydrogens is 518 g/mol. The number of nitrogens with two attached hydrogens (primary N) is 1. The highest BCUT2D eigenvalue weighted by Crippen LogP contribution is 2.61. The van der Waals surface area contributed by atoms with E-state index in [1.807, 2.05) is 0 Å². The van der Waals surface area contributed by atoms with Gasteiger partial charge in [-0.25, -0.2) is 4.79 Å². The number of thioether (sulfide) groups is 1. The van der Waals surface area contributed by atoms with Gasteiger partial charge in [0.15, 0.2) is 11.5 Å². The lowest BCUT2D eigenvalue weighted by Gasteiger charge is -2.41. The number of fused-ring (bicyclic) bond motifs is 4. The molecule has 4 heterocycles. The number of Topliss-reactive ketones (excluding diaryl/α,β-unsaturated/α-hetero) is 2. The lowest BCUT2D eigenvalue weighted by atomic mass is 9.76. The maximum atomic E-state index is 14.3. The minimum atomic E-state index is -1.86. The Morgan fingerprint density at radius 1 is 1.21 bits per heavy atom. The lowest BCUT2D eigenvalue weighted by Crippen LogP contribution is -2.56. The van der Waals surface area contributed by atoms with Gasteiger partial charge >= 0.3 is 6.09 Å². The van der Waals surface area contributed by atoms with Crippen LogP contribution in [-0.2, 0) is 33.3 Å². The van der Waals surface area contributed by atoms with Crippen LogP contribution in [-0.4, -0.2) is 101 Å². The Balaban J connectivity index is 1.43. The number of nitrogens with zero attached hydrogens (tertiary/aromatic N) is 2. The Bertz CT molecular complexity index is 1280. The van der Waals surface area contributed by atoms with Crippen LogP contribution >= 0.6 is 11.8 Å². The standard InChI is InChI=1S/C25H27N3O9S/c1-12(29)28-15-9-27-19-18(13(10-35-23(26)33)24(27,34-2)21(15)28)22(32)25(36-7-8-37-25)14(20(19)31)11-38-17-6-4-3-5-16(17)30/h3-6,13-15,21,30H,7-11H2,1-2H3,(H2,26,33)/t13-,14?,15+,21+,24-,28?/m1/s1. The summed E-state index contributed by atoms with van der Waals surface area (Å²) >= 11 is 1.22. The summed E-state index contributed by atoms with van der Waals surface area (Å²) in [6.07, 6.45) is -1.04. The zero-order chi connectivity index (χ0) is 27.0. The highest BCUT2D eigenvalue weighted by molar-refractivity contribution is 7.99. The summed E-state index contributed by atoms with van der Waals surface area (Å²) in [7, 11) is 1.44. The number of piperazine rings is 1. The van der Waals surface area contributed by atoms with Crippen molar-refractivity contribution in [1.82, 2.24) is 9.80 Å². The van der Waals surface area contributed by atoms with E-state index in [-0.39, 0.29) is 66.9 Å². The van der Waals surface area contributed by atoms with Crippen LogP contribution < -0.4 is 5.73 Å². The van der Waals surface area contributed by atoms with Gasteiger partial charge in [0.05, 0.1) is 36.8 Å². The molecule has 1 aromatic carbocycles. The first-order chi connectivity index (χ1) is 18.2. The number of hydrogen-bond acceptors (Lipinski definition) is 11. The van der Waals surface area contributed by atoms with Crippen LogP contribution in [0.3, 0.4) is 0 Å². The molecule has 6 rings (SSSR count). The number of amides is 2. The lowest BCUT2D eigenvalue weighted by molar-refractivity contribution is -0.197. The van der Waals surface area contributed by atoms with Crippen LogP contribution in [0.4, 0.5) is 4.79 Å². The van der Waals surface area contributed by atoms with Crippen molar-refractivity contribution in [3.05, 3.63) is 35.5 Å². The first kappa shape index (κ1) is 25.2. The molecular formula is C25H27N3O9S. The molecule has 38 heavy (non-hydrogen) atoms. The highest BCUT2D eigenvalue weighted by atomic mass is 32.2. The molecule has 5 aliphatic rings. The number of para-hydroxylation sites is 1. The molecule has 3 N–H and O–H groups in total. The van der Waals surface area contributed by atoms with Gasteiger partial charge in [-0.2, -0.15) is 0 Å². The average molecular weight is 546 g/mol. The number of rotatable bonds is 6. The number of methoxy groups -OCH3 is 1. The van der Waals surface area contributed by atoms with Gasteiger partial charge in [-0.1, -0.05) is 12.1 Å². The molecule has 1 spiro atoms. The van der Waals surface area contributed by atoms with Crippen LogP contribution in [0, 0.1) is 11.8 Å². The van der Waals surface area contributed by atoms with Crippen molar-refractivity contribution in [2.45, 2.75) is 35.4 Å². The first-order valence-electron chi connectivity index (χ1n) is 12.2. The maximum Gasteiger partial charge on any atom is 0.404 e. The van der Waals surface area contributed by atoms with Crippen molar-refractivity contribution in [2.75, 3.05) is 39.2 Å². The van der Waals surface area contributed by atoms with E-state index in [4.69, 9.17) is 24.7 Å².